The summed E-state index contributed by atoms with van der Waals surface area (Å²) in [6.45, 7) is 2.22. The summed E-state index contributed by atoms with van der Waals surface area (Å²) in [5, 5.41) is 0. The Kier molecular flexibility index (Phi) is 4.08. The van der Waals surface area contributed by atoms with Crippen molar-refractivity contribution in [3.8, 4) is 5.75 Å². The maximum Gasteiger partial charge on any atom is 0.340 e. The number of rotatable bonds is 3. The van der Waals surface area contributed by atoms with Gasteiger partial charge in [-0.3, -0.25) is 0 Å². The summed E-state index contributed by atoms with van der Waals surface area (Å²) < 4.78 is 23.3. The van der Waals surface area contributed by atoms with Crippen molar-refractivity contribution in [3.05, 3.63) is 28.0 Å². The Labute approximate surface area is 95.3 Å². The van der Waals surface area contributed by atoms with Crippen molar-refractivity contribution in [3.63, 3.8) is 0 Å². The van der Waals surface area contributed by atoms with Gasteiger partial charge in [-0.2, -0.15) is 0 Å². The molecular formula is C10H10BrFO3. The highest BCUT2D eigenvalue weighted by Gasteiger charge is 2.17. The topological polar surface area (TPSA) is 35.5 Å². The highest BCUT2D eigenvalue weighted by atomic mass is 79.9. The number of benzene rings is 1. The fraction of sp³-hybridized carbons (Fsp3) is 0.300. The zero-order chi connectivity index (χ0) is 11.4. The molecule has 1 rings (SSSR count). The minimum absolute atomic E-state index is 0.118. The van der Waals surface area contributed by atoms with Gasteiger partial charge in [0.25, 0.3) is 0 Å². The molecule has 0 bridgehead atoms. The van der Waals surface area contributed by atoms with Crippen LogP contribution in [0.3, 0.4) is 0 Å². The molecule has 0 aliphatic rings. The Balaban J connectivity index is 3.15. The fourth-order valence-corrected chi connectivity index (χ4v) is 1.53. The van der Waals surface area contributed by atoms with Gasteiger partial charge in [0.15, 0.2) is 5.82 Å². The van der Waals surface area contributed by atoms with Gasteiger partial charge in [0, 0.05) is 0 Å². The largest absolute Gasteiger partial charge is 0.493 e. The molecule has 3 nitrogen and oxygen atoms in total. The molecule has 5 heteroatoms. The van der Waals surface area contributed by atoms with Gasteiger partial charge in [-0.05, 0) is 35.0 Å². The molecule has 1 aromatic carbocycles. The zero-order valence-electron chi connectivity index (χ0n) is 8.34. The molecule has 0 aromatic heterocycles. The van der Waals surface area contributed by atoms with E-state index >= 15 is 0 Å². The van der Waals surface area contributed by atoms with Gasteiger partial charge in [-0.15, -0.1) is 0 Å². The third kappa shape index (κ3) is 2.47. The lowest BCUT2D eigenvalue weighted by atomic mass is 10.2. The Morgan fingerprint density at radius 2 is 2.20 bits per heavy atom. The van der Waals surface area contributed by atoms with Crippen LogP contribution in [0.15, 0.2) is 16.6 Å². The minimum atomic E-state index is -0.712. The summed E-state index contributed by atoms with van der Waals surface area (Å²) in [4.78, 5) is 11.1. The number of esters is 1. The fourth-order valence-electron chi connectivity index (χ4n) is 1.07. The van der Waals surface area contributed by atoms with Gasteiger partial charge in [0.05, 0.1) is 23.8 Å². The first kappa shape index (κ1) is 12.0. The molecule has 0 unspecified atom stereocenters. The van der Waals surface area contributed by atoms with Gasteiger partial charge in [0.2, 0.25) is 0 Å². The van der Waals surface area contributed by atoms with E-state index in [0.717, 1.165) is 0 Å². The lowest BCUT2D eigenvalue weighted by Gasteiger charge is -2.08. The van der Waals surface area contributed by atoms with Gasteiger partial charge >= 0.3 is 5.97 Å². The predicted octanol–water partition coefficient (Wildman–Crippen LogP) is 2.77. The first-order valence-electron chi connectivity index (χ1n) is 4.31. The molecule has 0 heterocycles. The first-order valence-corrected chi connectivity index (χ1v) is 5.10. The number of hydrogen-bond donors (Lipinski definition) is 0. The molecule has 0 saturated heterocycles. The number of carbonyl (C=O) groups excluding carboxylic acids is 1. The maximum atomic E-state index is 13.6. The van der Waals surface area contributed by atoms with Crippen LogP contribution >= 0.6 is 15.9 Å². The van der Waals surface area contributed by atoms with Crippen molar-refractivity contribution < 1.29 is 18.7 Å². The van der Waals surface area contributed by atoms with Crippen molar-refractivity contribution in [2.24, 2.45) is 0 Å². The third-order valence-electron chi connectivity index (χ3n) is 1.75. The standard InChI is InChI=1S/C10H10BrFO3/c1-3-15-7-5-4-6(10(13)14-2)9(12)8(7)11/h4-5H,3H2,1-2H3. The Morgan fingerprint density at radius 3 is 2.73 bits per heavy atom. The van der Waals surface area contributed by atoms with E-state index in [2.05, 4.69) is 20.7 Å². The van der Waals surface area contributed by atoms with Crippen LogP contribution in [0.5, 0.6) is 5.75 Å². The summed E-state index contributed by atoms with van der Waals surface area (Å²) in [7, 11) is 1.20. The highest BCUT2D eigenvalue weighted by molar-refractivity contribution is 9.10. The Morgan fingerprint density at radius 1 is 1.53 bits per heavy atom. The molecular weight excluding hydrogens is 267 g/mol. The lowest BCUT2D eigenvalue weighted by molar-refractivity contribution is 0.0595. The average Bonchev–Trinajstić information content (AvgIpc) is 2.24. The van der Waals surface area contributed by atoms with Crippen LogP contribution in [0.25, 0.3) is 0 Å². The summed E-state index contributed by atoms with van der Waals surface area (Å²) in [6, 6.07) is 2.85. The van der Waals surface area contributed by atoms with E-state index in [9.17, 15) is 9.18 Å². The molecule has 82 valence electrons. The van der Waals surface area contributed by atoms with Crippen LogP contribution in [0.1, 0.15) is 17.3 Å². The minimum Gasteiger partial charge on any atom is -0.493 e. The van der Waals surface area contributed by atoms with Crippen LogP contribution in [-0.2, 0) is 4.74 Å². The summed E-state index contributed by atoms with van der Waals surface area (Å²) in [5.41, 5.74) is -0.118. The SMILES string of the molecule is CCOc1ccc(C(=O)OC)c(F)c1Br. The van der Waals surface area contributed by atoms with Gasteiger partial charge in [0.1, 0.15) is 5.75 Å². The van der Waals surface area contributed by atoms with E-state index in [1.807, 2.05) is 0 Å². The quantitative estimate of drug-likeness (QED) is 0.797. The smallest absolute Gasteiger partial charge is 0.340 e. The molecule has 0 spiro atoms. The average molecular weight is 277 g/mol. The van der Waals surface area contributed by atoms with Crippen LogP contribution in [0, 0.1) is 5.82 Å². The van der Waals surface area contributed by atoms with Crippen molar-refractivity contribution >= 4 is 21.9 Å². The van der Waals surface area contributed by atoms with E-state index < -0.39 is 11.8 Å². The molecule has 15 heavy (non-hydrogen) atoms. The second-order valence-electron chi connectivity index (χ2n) is 2.66. The van der Waals surface area contributed by atoms with E-state index in [-0.39, 0.29) is 10.0 Å². The Bertz CT molecular complexity index is 379. The van der Waals surface area contributed by atoms with E-state index in [0.29, 0.717) is 12.4 Å². The summed E-state index contributed by atoms with van der Waals surface area (Å²) in [5.74, 6) is -1.02. The van der Waals surface area contributed by atoms with E-state index in [1.165, 1.54) is 19.2 Å². The number of halogens is 2. The van der Waals surface area contributed by atoms with Gasteiger partial charge in [-0.25, -0.2) is 9.18 Å². The molecule has 1 aromatic rings. The van der Waals surface area contributed by atoms with Crippen molar-refractivity contribution in [2.75, 3.05) is 13.7 Å². The molecule has 0 amide bonds. The van der Waals surface area contributed by atoms with Gasteiger partial charge < -0.3 is 9.47 Å². The highest BCUT2D eigenvalue weighted by Crippen LogP contribution is 2.30. The second kappa shape index (κ2) is 5.11. The van der Waals surface area contributed by atoms with Gasteiger partial charge in [-0.1, -0.05) is 0 Å². The molecule has 0 aliphatic carbocycles. The first-order chi connectivity index (χ1) is 7.11. The molecule has 0 saturated carbocycles. The van der Waals surface area contributed by atoms with E-state index in [4.69, 9.17) is 4.74 Å². The van der Waals surface area contributed by atoms with Crippen molar-refractivity contribution in [1.82, 2.24) is 0 Å². The molecule has 0 fully saturated rings. The monoisotopic (exact) mass is 276 g/mol. The van der Waals surface area contributed by atoms with Crippen LogP contribution in [0.2, 0.25) is 0 Å². The number of carbonyl (C=O) groups is 1. The zero-order valence-corrected chi connectivity index (χ0v) is 9.93. The molecule has 0 N–H and O–H groups in total. The third-order valence-corrected chi connectivity index (χ3v) is 2.49. The Hall–Kier alpha value is -1.10. The van der Waals surface area contributed by atoms with Crippen molar-refractivity contribution in [2.45, 2.75) is 6.92 Å². The second-order valence-corrected chi connectivity index (χ2v) is 3.46. The van der Waals surface area contributed by atoms with Crippen LogP contribution in [-0.4, -0.2) is 19.7 Å². The van der Waals surface area contributed by atoms with Crippen LogP contribution in [0.4, 0.5) is 4.39 Å². The molecule has 0 atom stereocenters. The predicted molar refractivity (Wildman–Crippen MR) is 56.6 cm³/mol. The number of hydrogen-bond acceptors (Lipinski definition) is 3. The molecule has 0 aliphatic heterocycles. The maximum absolute atomic E-state index is 13.6. The van der Waals surface area contributed by atoms with E-state index in [1.54, 1.807) is 6.92 Å². The van der Waals surface area contributed by atoms with Crippen molar-refractivity contribution in [1.29, 1.82) is 0 Å². The summed E-state index contributed by atoms with van der Waals surface area (Å²) in [6.07, 6.45) is 0. The van der Waals surface area contributed by atoms with Crippen LogP contribution < -0.4 is 4.74 Å². The lowest BCUT2D eigenvalue weighted by Crippen LogP contribution is -2.06. The number of ether oxygens (including phenoxy) is 2. The summed E-state index contributed by atoms with van der Waals surface area (Å²) >= 11 is 3.02. The molecule has 0 radical (unpaired) electrons. The number of methoxy groups -OCH3 is 1. The normalized spacial score (nSPS) is 9.87.